The van der Waals surface area contributed by atoms with Crippen LogP contribution in [0.1, 0.15) is 19.3 Å². The third-order valence-corrected chi connectivity index (χ3v) is 4.18. The average molecular weight is 282 g/mol. The van der Waals surface area contributed by atoms with Crippen molar-refractivity contribution < 1.29 is 4.79 Å². The Balaban J connectivity index is 2.02. The number of carbonyl (C=O) groups is 1. The van der Waals surface area contributed by atoms with Crippen molar-refractivity contribution in [3.63, 3.8) is 0 Å². The molecule has 5 heteroatoms. The summed E-state index contributed by atoms with van der Waals surface area (Å²) in [6.07, 6.45) is 3.26. The van der Waals surface area contributed by atoms with E-state index in [0.717, 1.165) is 19.3 Å². The van der Waals surface area contributed by atoms with Crippen molar-refractivity contribution in [2.75, 3.05) is 18.9 Å². The van der Waals surface area contributed by atoms with E-state index in [0.29, 0.717) is 23.2 Å². The first-order valence-corrected chi connectivity index (χ1v) is 6.99. The zero-order valence-electron chi connectivity index (χ0n) is 11.1. The van der Waals surface area contributed by atoms with E-state index in [1.54, 1.807) is 17.0 Å². The van der Waals surface area contributed by atoms with Gasteiger partial charge in [0, 0.05) is 13.1 Å². The summed E-state index contributed by atoms with van der Waals surface area (Å²) in [6, 6.07) is 7.34. The van der Waals surface area contributed by atoms with Crippen LogP contribution < -0.4 is 11.1 Å². The molecule has 4 nitrogen and oxygen atoms in total. The number of amides is 2. The number of anilines is 1. The third-order valence-electron chi connectivity index (χ3n) is 3.85. The highest BCUT2D eigenvalue weighted by Crippen LogP contribution is 2.29. The number of nitrogens with two attached hydrogens (primary N) is 1. The van der Waals surface area contributed by atoms with Gasteiger partial charge in [0.1, 0.15) is 0 Å². The van der Waals surface area contributed by atoms with Gasteiger partial charge in [-0.2, -0.15) is 0 Å². The van der Waals surface area contributed by atoms with Gasteiger partial charge in [0.05, 0.1) is 10.7 Å². The molecule has 2 rings (SSSR count). The summed E-state index contributed by atoms with van der Waals surface area (Å²) in [5.74, 6) is 0.405. The SMILES string of the molecule is CN(C(=O)Nc1ccccc1Cl)C1CCCC1CN. The quantitative estimate of drug-likeness (QED) is 0.895. The highest BCUT2D eigenvalue weighted by molar-refractivity contribution is 6.33. The van der Waals surface area contributed by atoms with Crippen molar-refractivity contribution in [1.82, 2.24) is 4.90 Å². The predicted octanol–water partition coefficient (Wildman–Crippen LogP) is 2.93. The van der Waals surface area contributed by atoms with Crippen LogP contribution in [0.3, 0.4) is 0 Å². The van der Waals surface area contributed by atoms with Crippen LogP contribution in [0.15, 0.2) is 24.3 Å². The Labute approximate surface area is 118 Å². The predicted molar refractivity (Wildman–Crippen MR) is 78.4 cm³/mol. The summed E-state index contributed by atoms with van der Waals surface area (Å²) in [5.41, 5.74) is 6.40. The number of nitrogens with zero attached hydrogens (tertiary/aromatic N) is 1. The molecule has 0 radical (unpaired) electrons. The molecule has 1 aromatic rings. The lowest BCUT2D eigenvalue weighted by Crippen LogP contribution is -2.43. The second-order valence-electron chi connectivity index (χ2n) is 5.01. The van der Waals surface area contributed by atoms with Crippen molar-refractivity contribution in [3.05, 3.63) is 29.3 Å². The Kier molecular flexibility index (Phi) is 4.66. The van der Waals surface area contributed by atoms with E-state index in [1.807, 2.05) is 19.2 Å². The number of hydrogen-bond acceptors (Lipinski definition) is 2. The fourth-order valence-electron chi connectivity index (χ4n) is 2.72. The molecule has 104 valence electrons. The van der Waals surface area contributed by atoms with Crippen LogP contribution in [0.4, 0.5) is 10.5 Å². The number of halogens is 1. The van der Waals surface area contributed by atoms with Gasteiger partial charge in [-0.3, -0.25) is 0 Å². The van der Waals surface area contributed by atoms with Gasteiger partial charge in [0.15, 0.2) is 0 Å². The minimum atomic E-state index is -0.126. The van der Waals surface area contributed by atoms with Gasteiger partial charge >= 0.3 is 6.03 Å². The van der Waals surface area contributed by atoms with E-state index in [4.69, 9.17) is 17.3 Å². The summed E-state index contributed by atoms with van der Waals surface area (Å²) in [4.78, 5) is 14.0. The fraction of sp³-hybridized carbons (Fsp3) is 0.500. The fourth-order valence-corrected chi connectivity index (χ4v) is 2.90. The highest BCUT2D eigenvalue weighted by atomic mass is 35.5. The van der Waals surface area contributed by atoms with E-state index in [1.165, 1.54) is 0 Å². The Bertz CT molecular complexity index is 452. The standard InChI is InChI=1S/C14H20ClN3O/c1-18(13-8-4-5-10(13)9-16)14(19)17-12-7-3-2-6-11(12)15/h2-3,6-7,10,13H,4-5,8-9,16H2,1H3,(H,17,19). The molecule has 1 saturated carbocycles. The Hall–Kier alpha value is -1.26. The first-order valence-electron chi connectivity index (χ1n) is 6.62. The number of urea groups is 1. The van der Waals surface area contributed by atoms with Gasteiger partial charge in [-0.1, -0.05) is 30.2 Å². The number of rotatable bonds is 3. The van der Waals surface area contributed by atoms with Crippen LogP contribution in [0.25, 0.3) is 0 Å². The second-order valence-corrected chi connectivity index (χ2v) is 5.42. The Morgan fingerprint density at radius 3 is 2.89 bits per heavy atom. The molecule has 0 spiro atoms. The maximum atomic E-state index is 12.2. The molecule has 0 bridgehead atoms. The van der Waals surface area contributed by atoms with Crippen molar-refractivity contribution in [2.45, 2.75) is 25.3 Å². The van der Waals surface area contributed by atoms with Crippen LogP contribution in [0.2, 0.25) is 5.02 Å². The summed E-state index contributed by atoms with van der Waals surface area (Å²) in [5, 5.41) is 3.39. The molecule has 1 aromatic carbocycles. The van der Waals surface area contributed by atoms with Gasteiger partial charge in [-0.25, -0.2) is 4.79 Å². The minimum absolute atomic E-state index is 0.126. The lowest BCUT2D eigenvalue weighted by Gasteiger charge is -2.29. The van der Waals surface area contributed by atoms with Crippen molar-refractivity contribution in [2.24, 2.45) is 11.7 Å². The van der Waals surface area contributed by atoms with Crippen LogP contribution >= 0.6 is 11.6 Å². The largest absolute Gasteiger partial charge is 0.330 e. The molecule has 19 heavy (non-hydrogen) atoms. The lowest BCUT2D eigenvalue weighted by atomic mass is 10.0. The van der Waals surface area contributed by atoms with Gasteiger partial charge in [0.2, 0.25) is 0 Å². The normalized spacial score (nSPS) is 22.3. The maximum absolute atomic E-state index is 12.2. The molecule has 2 amide bonds. The van der Waals surface area contributed by atoms with Gasteiger partial charge in [-0.15, -0.1) is 0 Å². The third kappa shape index (κ3) is 3.19. The molecule has 3 N–H and O–H groups in total. The first kappa shape index (κ1) is 14.2. The topological polar surface area (TPSA) is 58.4 Å². The summed E-state index contributed by atoms with van der Waals surface area (Å²) >= 11 is 6.04. The first-order chi connectivity index (χ1) is 9.13. The monoisotopic (exact) mass is 281 g/mol. The zero-order chi connectivity index (χ0) is 13.8. The molecule has 1 aliphatic rings. The number of benzene rings is 1. The minimum Gasteiger partial charge on any atom is -0.330 e. The van der Waals surface area contributed by atoms with Crippen LogP contribution in [0, 0.1) is 5.92 Å². The van der Waals surface area contributed by atoms with E-state index in [-0.39, 0.29) is 12.1 Å². The van der Waals surface area contributed by atoms with Crippen LogP contribution in [-0.4, -0.2) is 30.6 Å². The maximum Gasteiger partial charge on any atom is 0.321 e. The molecular formula is C14H20ClN3O. The highest BCUT2D eigenvalue weighted by Gasteiger charge is 2.31. The molecule has 1 fully saturated rings. The zero-order valence-corrected chi connectivity index (χ0v) is 11.9. The average Bonchev–Trinajstić information content (AvgIpc) is 2.88. The second kappa shape index (κ2) is 6.26. The Morgan fingerprint density at radius 1 is 1.47 bits per heavy atom. The molecule has 0 aliphatic heterocycles. The molecule has 0 saturated heterocycles. The van der Waals surface area contributed by atoms with E-state index in [2.05, 4.69) is 5.32 Å². The van der Waals surface area contributed by atoms with E-state index < -0.39 is 0 Å². The molecule has 0 aromatic heterocycles. The lowest BCUT2D eigenvalue weighted by molar-refractivity contribution is 0.190. The molecule has 0 heterocycles. The number of carbonyl (C=O) groups excluding carboxylic acids is 1. The van der Waals surface area contributed by atoms with Crippen molar-refractivity contribution in [1.29, 1.82) is 0 Å². The van der Waals surface area contributed by atoms with Crippen molar-refractivity contribution in [3.8, 4) is 0 Å². The molecule has 2 unspecified atom stereocenters. The molecule has 2 atom stereocenters. The summed E-state index contributed by atoms with van der Waals surface area (Å²) in [6.45, 7) is 0.633. The Morgan fingerprint density at radius 2 is 2.21 bits per heavy atom. The number of nitrogens with one attached hydrogen (secondary N) is 1. The molecular weight excluding hydrogens is 262 g/mol. The smallest absolute Gasteiger partial charge is 0.321 e. The van der Waals surface area contributed by atoms with Crippen LogP contribution in [0.5, 0.6) is 0 Å². The van der Waals surface area contributed by atoms with E-state index >= 15 is 0 Å². The van der Waals surface area contributed by atoms with E-state index in [9.17, 15) is 4.79 Å². The van der Waals surface area contributed by atoms with Gasteiger partial charge < -0.3 is 16.0 Å². The van der Waals surface area contributed by atoms with Gasteiger partial charge in [0.25, 0.3) is 0 Å². The van der Waals surface area contributed by atoms with Crippen LogP contribution in [-0.2, 0) is 0 Å². The molecule has 1 aliphatic carbocycles. The summed E-state index contributed by atoms with van der Waals surface area (Å²) < 4.78 is 0. The summed E-state index contributed by atoms with van der Waals surface area (Å²) in [7, 11) is 1.82. The van der Waals surface area contributed by atoms with Crippen molar-refractivity contribution >= 4 is 23.3 Å². The number of hydrogen-bond donors (Lipinski definition) is 2. The number of para-hydroxylation sites is 1. The van der Waals surface area contributed by atoms with Gasteiger partial charge in [-0.05, 0) is 37.4 Å².